The summed E-state index contributed by atoms with van der Waals surface area (Å²) >= 11 is 0. The molecule has 0 amide bonds. The van der Waals surface area contributed by atoms with Crippen molar-refractivity contribution < 1.29 is 14.6 Å². The molecule has 0 bridgehead atoms. The van der Waals surface area contributed by atoms with Crippen molar-refractivity contribution in [2.24, 2.45) is 5.92 Å². The van der Waals surface area contributed by atoms with Gasteiger partial charge in [0.2, 0.25) is 0 Å². The van der Waals surface area contributed by atoms with Crippen molar-refractivity contribution in [3.05, 3.63) is 0 Å². The molecule has 0 aromatic carbocycles. The van der Waals surface area contributed by atoms with E-state index < -0.39 is 11.5 Å². The molecule has 0 rings (SSSR count). The maximum atomic E-state index is 11.4. The lowest BCUT2D eigenvalue weighted by molar-refractivity contribution is -0.156. The summed E-state index contributed by atoms with van der Waals surface area (Å²) in [5, 5.41) is 9.37. The lowest BCUT2D eigenvalue weighted by atomic mass is 9.97. The first-order valence-corrected chi connectivity index (χ1v) is 5.74. The van der Waals surface area contributed by atoms with Gasteiger partial charge in [-0.2, -0.15) is 0 Å². The quantitative estimate of drug-likeness (QED) is 0.726. The van der Waals surface area contributed by atoms with Crippen LogP contribution < -0.4 is 0 Å². The van der Waals surface area contributed by atoms with Crippen molar-refractivity contribution in [3.63, 3.8) is 0 Å². The SMILES string of the molecule is COCC(C)(C(=O)O)N(CC(C)C)C(C)C. The molecular formula is C12H25NO3. The smallest absolute Gasteiger partial charge is 0.326 e. The van der Waals surface area contributed by atoms with Crippen LogP contribution in [0.5, 0.6) is 0 Å². The Labute approximate surface area is 98.6 Å². The van der Waals surface area contributed by atoms with Crippen LogP contribution in [-0.4, -0.2) is 47.8 Å². The molecule has 4 nitrogen and oxygen atoms in total. The van der Waals surface area contributed by atoms with Crippen LogP contribution in [0, 0.1) is 5.92 Å². The predicted octanol–water partition coefficient (Wildman–Crippen LogP) is 1.84. The molecule has 16 heavy (non-hydrogen) atoms. The van der Waals surface area contributed by atoms with Gasteiger partial charge in [0.1, 0.15) is 5.54 Å². The first kappa shape index (κ1) is 15.4. The Hall–Kier alpha value is -0.610. The van der Waals surface area contributed by atoms with Crippen molar-refractivity contribution in [2.45, 2.75) is 46.2 Å². The Morgan fingerprint density at radius 2 is 1.88 bits per heavy atom. The molecule has 4 heteroatoms. The highest BCUT2D eigenvalue weighted by atomic mass is 16.5. The molecule has 0 spiro atoms. The summed E-state index contributed by atoms with van der Waals surface area (Å²) in [5.41, 5.74) is -0.951. The number of ether oxygens (including phenoxy) is 1. The predicted molar refractivity (Wildman–Crippen MR) is 64.6 cm³/mol. The molecule has 0 heterocycles. The second kappa shape index (κ2) is 6.21. The minimum absolute atomic E-state index is 0.179. The van der Waals surface area contributed by atoms with E-state index in [2.05, 4.69) is 13.8 Å². The standard InChI is InChI=1S/C12H25NO3/c1-9(2)7-13(10(3)4)12(5,8-16-6)11(14)15/h9-10H,7-8H2,1-6H3,(H,14,15). The van der Waals surface area contributed by atoms with Crippen LogP contribution in [0.2, 0.25) is 0 Å². The topological polar surface area (TPSA) is 49.8 Å². The van der Waals surface area contributed by atoms with Crippen molar-refractivity contribution >= 4 is 5.97 Å². The van der Waals surface area contributed by atoms with Gasteiger partial charge < -0.3 is 9.84 Å². The highest BCUT2D eigenvalue weighted by molar-refractivity contribution is 5.78. The fourth-order valence-corrected chi connectivity index (χ4v) is 1.92. The Balaban J connectivity index is 5.01. The summed E-state index contributed by atoms with van der Waals surface area (Å²) in [7, 11) is 1.54. The monoisotopic (exact) mass is 231 g/mol. The van der Waals surface area contributed by atoms with Crippen LogP contribution in [0.15, 0.2) is 0 Å². The lowest BCUT2D eigenvalue weighted by Gasteiger charge is -2.41. The molecule has 0 aromatic rings. The minimum atomic E-state index is -0.951. The van der Waals surface area contributed by atoms with Gasteiger partial charge in [-0.3, -0.25) is 9.69 Å². The van der Waals surface area contributed by atoms with Gasteiger partial charge in [-0.25, -0.2) is 0 Å². The molecule has 0 aromatic heterocycles. The summed E-state index contributed by atoms with van der Waals surface area (Å²) in [6.45, 7) is 10.9. The van der Waals surface area contributed by atoms with Gasteiger partial charge >= 0.3 is 5.97 Å². The van der Waals surface area contributed by atoms with Gasteiger partial charge in [-0.05, 0) is 26.7 Å². The zero-order valence-corrected chi connectivity index (χ0v) is 11.3. The van der Waals surface area contributed by atoms with Crippen molar-refractivity contribution in [3.8, 4) is 0 Å². The number of aliphatic carboxylic acids is 1. The van der Waals surface area contributed by atoms with Crippen molar-refractivity contribution in [2.75, 3.05) is 20.3 Å². The molecule has 0 saturated heterocycles. The third-order valence-corrected chi connectivity index (χ3v) is 2.71. The Morgan fingerprint density at radius 1 is 1.38 bits per heavy atom. The first-order chi connectivity index (χ1) is 7.25. The molecule has 1 unspecified atom stereocenters. The van der Waals surface area contributed by atoms with E-state index in [0.717, 1.165) is 6.54 Å². The van der Waals surface area contributed by atoms with E-state index in [-0.39, 0.29) is 12.6 Å². The summed E-state index contributed by atoms with van der Waals surface area (Å²) in [4.78, 5) is 13.4. The number of methoxy groups -OCH3 is 1. The van der Waals surface area contributed by atoms with Crippen LogP contribution in [0.25, 0.3) is 0 Å². The molecule has 0 saturated carbocycles. The Bertz CT molecular complexity index is 228. The van der Waals surface area contributed by atoms with Gasteiger partial charge in [0.25, 0.3) is 0 Å². The summed E-state index contributed by atoms with van der Waals surface area (Å²) < 4.78 is 5.06. The maximum Gasteiger partial charge on any atom is 0.326 e. The number of rotatable bonds is 7. The average Bonchev–Trinajstić information content (AvgIpc) is 2.13. The molecule has 1 atom stereocenters. The maximum absolute atomic E-state index is 11.4. The van der Waals surface area contributed by atoms with Crippen LogP contribution >= 0.6 is 0 Å². The fraction of sp³-hybridized carbons (Fsp3) is 0.917. The normalized spacial score (nSPS) is 15.8. The van der Waals surface area contributed by atoms with Gasteiger partial charge in [-0.1, -0.05) is 13.8 Å². The third-order valence-electron chi connectivity index (χ3n) is 2.71. The second-order valence-corrected chi connectivity index (χ2v) is 5.15. The third kappa shape index (κ3) is 3.76. The van der Waals surface area contributed by atoms with Gasteiger partial charge in [-0.15, -0.1) is 0 Å². The zero-order valence-electron chi connectivity index (χ0n) is 11.3. The second-order valence-electron chi connectivity index (χ2n) is 5.15. The lowest BCUT2D eigenvalue weighted by Crippen LogP contribution is -2.59. The van der Waals surface area contributed by atoms with Crippen molar-refractivity contribution in [1.82, 2.24) is 4.90 Å². The minimum Gasteiger partial charge on any atom is -0.480 e. The average molecular weight is 231 g/mol. The van der Waals surface area contributed by atoms with Crippen LogP contribution in [-0.2, 0) is 9.53 Å². The highest BCUT2D eigenvalue weighted by Gasteiger charge is 2.41. The molecule has 0 aliphatic carbocycles. The summed E-state index contributed by atoms with van der Waals surface area (Å²) in [5.74, 6) is -0.401. The van der Waals surface area contributed by atoms with Gasteiger partial charge in [0.05, 0.1) is 6.61 Å². The van der Waals surface area contributed by atoms with E-state index in [0.29, 0.717) is 5.92 Å². The molecule has 1 N–H and O–H groups in total. The van der Waals surface area contributed by atoms with Crippen LogP contribution in [0.4, 0.5) is 0 Å². The highest BCUT2D eigenvalue weighted by Crippen LogP contribution is 2.21. The van der Waals surface area contributed by atoms with E-state index >= 15 is 0 Å². The molecule has 96 valence electrons. The first-order valence-electron chi connectivity index (χ1n) is 5.74. The van der Waals surface area contributed by atoms with Crippen LogP contribution in [0.1, 0.15) is 34.6 Å². The number of carboxylic acid groups (broad SMARTS) is 1. The molecule has 0 aliphatic rings. The number of carboxylic acids is 1. The molecule has 0 radical (unpaired) electrons. The zero-order chi connectivity index (χ0) is 12.9. The Morgan fingerprint density at radius 3 is 2.12 bits per heavy atom. The summed E-state index contributed by atoms with van der Waals surface area (Å²) in [6.07, 6.45) is 0. The van der Waals surface area contributed by atoms with E-state index in [1.165, 1.54) is 7.11 Å². The van der Waals surface area contributed by atoms with Crippen LogP contribution in [0.3, 0.4) is 0 Å². The fourth-order valence-electron chi connectivity index (χ4n) is 1.92. The van der Waals surface area contributed by atoms with Gasteiger partial charge in [0.15, 0.2) is 0 Å². The Kier molecular flexibility index (Phi) is 5.97. The van der Waals surface area contributed by atoms with E-state index in [1.807, 2.05) is 18.7 Å². The number of hydrogen-bond donors (Lipinski definition) is 1. The van der Waals surface area contributed by atoms with Gasteiger partial charge in [0, 0.05) is 19.7 Å². The largest absolute Gasteiger partial charge is 0.480 e. The van der Waals surface area contributed by atoms with Crippen molar-refractivity contribution in [1.29, 1.82) is 0 Å². The van der Waals surface area contributed by atoms with E-state index in [1.54, 1.807) is 6.92 Å². The molecule has 0 aliphatic heterocycles. The number of carbonyl (C=O) groups is 1. The number of hydrogen-bond acceptors (Lipinski definition) is 3. The van der Waals surface area contributed by atoms with E-state index in [9.17, 15) is 9.90 Å². The molecular weight excluding hydrogens is 206 g/mol. The summed E-state index contributed by atoms with van der Waals surface area (Å²) in [6, 6.07) is 0.179. The number of nitrogens with zero attached hydrogens (tertiary/aromatic N) is 1. The van der Waals surface area contributed by atoms with E-state index in [4.69, 9.17) is 4.74 Å². The molecule has 0 fully saturated rings.